The summed E-state index contributed by atoms with van der Waals surface area (Å²) >= 11 is 0. The highest BCUT2D eigenvalue weighted by atomic mass is 16.5. The van der Waals surface area contributed by atoms with Gasteiger partial charge in [-0.1, -0.05) is 5.16 Å². The summed E-state index contributed by atoms with van der Waals surface area (Å²) < 4.78 is 9.82. The summed E-state index contributed by atoms with van der Waals surface area (Å²) in [6, 6.07) is 5.07. The minimum atomic E-state index is 0.0291. The molecule has 1 heterocycles. The maximum atomic E-state index is 9.93. The van der Waals surface area contributed by atoms with Crippen LogP contribution in [0.4, 0.5) is 5.88 Å². The standard InChI is InChI=1S/C11H12N2O3/c1-6-3-7(8-5-10(12)16-13-8)11(14)9(4-6)15-2/h3-5,14H,12H2,1-2H3. The molecule has 0 radical (unpaired) electrons. The topological polar surface area (TPSA) is 81.5 Å². The predicted octanol–water partition coefficient (Wildman–Crippen LogP) is 1.95. The number of anilines is 1. The van der Waals surface area contributed by atoms with E-state index in [4.69, 9.17) is 15.0 Å². The lowest BCUT2D eigenvalue weighted by atomic mass is 10.1. The third kappa shape index (κ3) is 1.67. The van der Waals surface area contributed by atoms with E-state index < -0.39 is 0 Å². The van der Waals surface area contributed by atoms with Crippen molar-refractivity contribution in [1.29, 1.82) is 0 Å². The van der Waals surface area contributed by atoms with Crippen molar-refractivity contribution in [3.05, 3.63) is 23.8 Å². The van der Waals surface area contributed by atoms with E-state index in [0.29, 0.717) is 17.0 Å². The number of nitrogens with two attached hydrogens (primary N) is 1. The number of aromatic nitrogens is 1. The zero-order valence-corrected chi connectivity index (χ0v) is 9.02. The van der Waals surface area contributed by atoms with Gasteiger partial charge in [-0.25, -0.2) is 0 Å². The molecule has 2 aromatic rings. The summed E-state index contributed by atoms with van der Waals surface area (Å²) in [6.07, 6.45) is 0. The van der Waals surface area contributed by atoms with Gasteiger partial charge < -0.3 is 20.1 Å². The van der Waals surface area contributed by atoms with Crippen LogP contribution in [0.15, 0.2) is 22.7 Å². The van der Waals surface area contributed by atoms with Gasteiger partial charge in [-0.3, -0.25) is 0 Å². The number of rotatable bonds is 2. The van der Waals surface area contributed by atoms with Crippen LogP contribution < -0.4 is 10.5 Å². The fraction of sp³-hybridized carbons (Fsp3) is 0.182. The van der Waals surface area contributed by atoms with Gasteiger partial charge in [0.05, 0.1) is 7.11 Å². The van der Waals surface area contributed by atoms with Crippen LogP contribution in [-0.4, -0.2) is 17.4 Å². The van der Waals surface area contributed by atoms with Crippen LogP contribution >= 0.6 is 0 Å². The molecule has 0 spiro atoms. The summed E-state index contributed by atoms with van der Waals surface area (Å²) in [5, 5.41) is 13.7. The molecule has 0 bridgehead atoms. The first kappa shape index (κ1) is 10.4. The molecule has 1 aromatic heterocycles. The van der Waals surface area contributed by atoms with Crippen LogP contribution in [0.5, 0.6) is 11.5 Å². The molecule has 0 atom stereocenters. The molecule has 0 amide bonds. The molecule has 84 valence electrons. The van der Waals surface area contributed by atoms with Crippen LogP contribution in [0.1, 0.15) is 5.56 Å². The molecule has 0 saturated heterocycles. The molecule has 2 rings (SSSR count). The van der Waals surface area contributed by atoms with Crippen LogP contribution in [0.25, 0.3) is 11.3 Å². The monoisotopic (exact) mass is 220 g/mol. The minimum absolute atomic E-state index is 0.0291. The van der Waals surface area contributed by atoms with Crippen LogP contribution in [0, 0.1) is 6.92 Å². The highest BCUT2D eigenvalue weighted by Gasteiger charge is 2.14. The van der Waals surface area contributed by atoms with Gasteiger partial charge >= 0.3 is 0 Å². The third-order valence-electron chi connectivity index (χ3n) is 2.24. The molecule has 5 heteroatoms. The maximum absolute atomic E-state index is 9.93. The van der Waals surface area contributed by atoms with E-state index in [-0.39, 0.29) is 11.6 Å². The van der Waals surface area contributed by atoms with Crippen molar-refractivity contribution in [3.63, 3.8) is 0 Å². The zero-order chi connectivity index (χ0) is 11.7. The first-order valence-electron chi connectivity index (χ1n) is 4.72. The van der Waals surface area contributed by atoms with Crippen LogP contribution in [0.2, 0.25) is 0 Å². The smallest absolute Gasteiger partial charge is 0.222 e. The second kappa shape index (κ2) is 3.77. The van der Waals surface area contributed by atoms with Crippen molar-refractivity contribution in [3.8, 4) is 22.8 Å². The summed E-state index contributed by atoms with van der Waals surface area (Å²) in [5.41, 5.74) is 7.41. The molecule has 0 unspecified atom stereocenters. The quantitative estimate of drug-likeness (QED) is 0.808. The first-order valence-corrected chi connectivity index (χ1v) is 4.72. The lowest BCUT2D eigenvalue weighted by Gasteiger charge is -2.08. The summed E-state index contributed by atoms with van der Waals surface area (Å²) in [7, 11) is 1.50. The van der Waals surface area contributed by atoms with Gasteiger partial charge in [-0.05, 0) is 24.6 Å². The Hall–Kier alpha value is -2.17. The molecule has 0 fully saturated rings. The number of aromatic hydroxyl groups is 1. The average molecular weight is 220 g/mol. The number of hydrogen-bond acceptors (Lipinski definition) is 5. The Bertz CT molecular complexity index is 520. The molecule has 3 N–H and O–H groups in total. The number of nitrogen functional groups attached to an aromatic ring is 1. The summed E-state index contributed by atoms with van der Waals surface area (Å²) in [5.74, 6) is 0.632. The summed E-state index contributed by atoms with van der Waals surface area (Å²) in [6.45, 7) is 1.90. The van der Waals surface area contributed by atoms with Gasteiger partial charge in [0.2, 0.25) is 5.88 Å². The van der Waals surface area contributed by atoms with Gasteiger partial charge in [-0.2, -0.15) is 0 Å². The lowest BCUT2D eigenvalue weighted by molar-refractivity contribution is 0.373. The highest BCUT2D eigenvalue weighted by molar-refractivity contribution is 5.72. The van der Waals surface area contributed by atoms with Crippen molar-refractivity contribution < 1.29 is 14.4 Å². The molecule has 0 aliphatic carbocycles. The molecule has 0 aliphatic rings. The van der Waals surface area contributed by atoms with Crippen molar-refractivity contribution in [1.82, 2.24) is 5.16 Å². The zero-order valence-electron chi connectivity index (χ0n) is 9.02. The van der Waals surface area contributed by atoms with Gasteiger partial charge in [0.1, 0.15) is 5.69 Å². The Balaban J connectivity index is 2.60. The van der Waals surface area contributed by atoms with E-state index in [1.54, 1.807) is 18.2 Å². The SMILES string of the molecule is COc1cc(C)cc(-c2cc(N)on2)c1O. The Kier molecular flexibility index (Phi) is 2.44. The number of methoxy groups -OCH3 is 1. The second-order valence-electron chi connectivity index (χ2n) is 3.48. The van der Waals surface area contributed by atoms with E-state index >= 15 is 0 Å². The van der Waals surface area contributed by atoms with E-state index in [0.717, 1.165) is 5.56 Å². The van der Waals surface area contributed by atoms with Gasteiger partial charge in [-0.15, -0.1) is 0 Å². The lowest BCUT2D eigenvalue weighted by Crippen LogP contribution is -1.88. The largest absolute Gasteiger partial charge is 0.504 e. The normalized spacial score (nSPS) is 10.4. The molecule has 0 saturated carbocycles. The van der Waals surface area contributed by atoms with Gasteiger partial charge in [0.15, 0.2) is 11.5 Å². The van der Waals surface area contributed by atoms with Gasteiger partial charge in [0, 0.05) is 11.6 Å². The Morgan fingerprint density at radius 2 is 2.12 bits per heavy atom. The number of nitrogens with zero attached hydrogens (tertiary/aromatic N) is 1. The maximum Gasteiger partial charge on any atom is 0.222 e. The van der Waals surface area contributed by atoms with Crippen molar-refractivity contribution in [2.75, 3.05) is 12.8 Å². The van der Waals surface area contributed by atoms with Gasteiger partial charge in [0.25, 0.3) is 0 Å². The van der Waals surface area contributed by atoms with E-state index in [1.165, 1.54) is 7.11 Å². The average Bonchev–Trinajstić information content (AvgIpc) is 2.67. The highest BCUT2D eigenvalue weighted by Crippen LogP contribution is 2.37. The van der Waals surface area contributed by atoms with Crippen LogP contribution in [0.3, 0.4) is 0 Å². The fourth-order valence-electron chi connectivity index (χ4n) is 1.51. The van der Waals surface area contributed by atoms with Crippen molar-refractivity contribution in [2.45, 2.75) is 6.92 Å². The summed E-state index contributed by atoms with van der Waals surface area (Å²) in [4.78, 5) is 0. The molecule has 0 aliphatic heterocycles. The molecule has 1 aromatic carbocycles. The number of aryl methyl sites for hydroxylation is 1. The number of phenols is 1. The van der Waals surface area contributed by atoms with Crippen LogP contribution in [-0.2, 0) is 0 Å². The fourth-order valence-corrected chi connectivity index (χ4v) is 1.51. The van der Waals surface area contributed by atoms with Crippen molar-refractivity contribution in [2.24, 2.45) is 0 Å². The number of hydrogen-bond donors (Lipinski definition) is 2. The van der Waals surface area contributed by atoms with E-state index in [1.807, 2.05) is 6.92 Å². The minimum Gasteiger partial charge on any atom is -0.504 e. The third-order valence-corrected chi connectivity index (χ3v) is 2.24. The van der Waals surface area contributed by atoms with E-state index in [2.05, 4.69) is 5.16 Å². The number of benzene rings is 1. The second-order valence-corrected chi connectivity index (χ2v) is 3.48. The Morgan fingerprint density at radius 3 is 2.69 bits per heavy atom. The Morgan fingerprint density at radius 1 is 1.38 bits per heavy atom. The first-order chi connectivity index (χ1) is 7.61. The molecule has 16 heavy (non-hydrogen) atoms. The molecule has 5 nitrogen and oxygen atoms in total. The molecular formula is C11H12N2O3. The number of ether oxygens (including phenoxy) is 1. The predicted molar refractivity (Wildman–Crippen MR) is 59.3 cm³/mol. The number of phenolic OH excluding ortho intramolecular Hbond substituents is 1. The molecular weight excluding hydrogens is 208 g/mol. The Labute approximate surface area is 92.4 Å². The van der Waals surface area contributed by atoms with Crippen molar-refractivity contribution >= 4 is 5.88 Å². The van der Waals surface area contributed by atoms with E-state index in [9.17, 15) is 5.11 Å².